The van der Waals surface area contributed by atoms with E-state index < -0.39 is 5.97 Å². The molecule has 1 aromatic rings. The molecule has 2 N–H and O–H groups in total. The number of rotatable bonds is 6. The van der Waals surface area contributed by atoms with Crippen molar-refractivity contribution in [1.82, 2.24) is 5.32 Å². The van der Waals surface area contributed by atoms with Crippen molar-refractivity contribution < 1.29 is 9.90 Å². The highest BCUT2D eigenvalue weighted by atomic mass is 79.9. The van der Waals surface area contributed by atoms with Crippen molar-refractivity contribution >= 4 is 33.5 Å². The third-order valence-corrected chi connectivity index (χ3v) is 3.29. The molecule has 0 fully saturated rings. The van der Waals surface area contributed by atoms with Gasteiger partial charge >= 0.3 is 5.97 Å². The smallest absolute Gasteiger partial charge is 0.303 e. The van der Waals surface area contributed by atoms with E-state index in [1.165, 1.54) is 0 Å². The maximum Gasteiger partial charge on any atom is 0.303 e. The molecule has 0 atom stereocenters. The van der Waals surface area contributed by atoms with E-state index in [4.69, 9.17) is 16.7 Å². The van der Waals surface area contributed by atoms with Crippen molar-refractivity contribution in [3.8, 4) is 0 Å². The summed E-state index contributed by atoms with van der Waals surface area (Å²) in [5.41, 5.74) is 1.09. The Morgan fingerprint density at radius 1 is 1.50 bits per heavy atom. The lowest BCUT2D eigenvalue weighted by molar-refractivity contribution is -0.137. The molecule has 0 aromatic heterocycles. The maximum absolute atomic E-state index is 10.3. The zero-order chi connectivity index (χ0) is 12.0. The molecule has 88 valence electrons. The molecule has 0 heterocycles. The summed E-state index contributed by atoms with van der Waals surface area (Å²) in [6.07, 6.45) is 0.841. The minimum Gasteiger partial charge on any atom is -0.481 e. The first-order valence-corrected chi connectivity index (χ1v) is 6.13. The predicted molar refractivity (Wildman–Crippen MR) is 67.7 cm³/mol. The average Bonchev–Trinajstić information content (AvgIpc) is 2.22. The van der Waals surface area contributed by atoms with Crippen LogP contribution in [0.15, 0.2) is 22.7 Å². The molecule has 1 rings (SSSR count). The highest BCUT2D eigenvalue weighted by Crippen LogP contribution is 2.22. The van der Waals surface area contributed by atoms with E-state index in [1.54, 1.807) is 0 Å². The number of hydrogen-bond acceptors (Lipinski definition) is 2. The first kappa shape index (κ1) is 13.5. The van der Waals surface area contributed by atoms with Crippen molar-refractivity contribution in [2.75, 3.05) is 6.54 Å². The Morgan fingerprint density at radius 2 is 2.25 bits per heavy atom. The lowest BCUT2D eigenvalue weighted by Gasteiger charge is -2.05. The Labute approximate surface area is 108 Å². The first-order valence-electron chi connectivity index (χ1n) is 4.96. The number of hydrogen-bond donors (Lipinski definition) is 2. The predicted octanol–water partition coefficient (Wildman–Crippen LogP) is 3.06. The molecule has 0 aliphatic rings. The third-order valence-electron chi connectivity index (χ3n) is 2.06. The van der Waals surface area contributed by atoms with Gasteiger partial charge < -0.3 is 10.4 Å². The van der Waals surface area contributed by atoms with Crippen LogP contribution in [0.5, 0.6) is 0 Å². The van der Waals surface area contributed by atoms with Crippen LogP contribution in [0.25, 0.3) is 0 Å². The van der Waals surface area contributed by atoms with Gasteiger partial charge in [0.05, 0.1) is 5.02 Å². The summed E-state index contributed by atoms with van der Waals surface area (Å²) in [5, 5.41) is 12.3. The molecule has 0 saturated carbocycles. The summed E-state index contributed by atoms with van der Waals surface area (Å²) in [7, 11) is 0. The summed E-state index contributed by atoms with van der Waals surface area (Å²) in [5.74, 6) is -0.756. The number of nitrogens with one attached hydrogen (secondary N) is 1. The summed E-state index contributed by atoms with van der Waals surface area (Å²) >= 11 is 9.26. The van der Waals surface area contributed by atoms with Crippen LogP contribution in [0.3, 0.4) is 0 Å². The molecule has 3 nitrogen and oxygen atoms in total. The van der Waals surface area contributed by atoms with Crippen molar-refractivity contribution in [1.29, 1.82) is 0 Å². The monoisotopic (exact) mass is 305 g/mol. The van der Waals surface area contributed by atoms with Gasteiger partial charge in [-0.3, -0.25) is 4.79 Å². The zero-order valence-corrected chi connectivity index (χ0v) is 11.0. The van der Waals surface area contributed by atoms with Gasteiger partial charge in [-0.15, -0.1) is 0 Å². The van der Waals surface area contributed by atoms with Crippen LogP contribution in [-0.2, 0) is 11.3 Å². The Kier molecular flexibility index (Phi) is 5.80. The topological polar surface area (TPSA) is 49.3 Å². The Hall–Kier alpha value is -0.580. The van der Waals surface area contributed by atoms with Gasteiger partial charge in [0, 0.05) is 17.4 Å². The third kappa shape index (κ3) is 4.96. The lowest BCUT2D eigenvalue weighted by atomic mass is 10.2. The molecular formula is C11H13BrClNO2. The van der Waals surface area contributed by atoms with E-state index in [-0.39, 0.29) is 6.42 Å². The molecule has 0 aliphatic carbocycles. The van der Waals surface area contributed by atoms with E-state index in [0.717, 1.165) is 10.0 Å². The number of halogens is 2. The van der Waals surface area contributed by atoms with Gasteiger partial charge in [0.25, 0.3) is 0 Å². The van der Waals surface area contributed by atoms with Gasteiger partial charge in [0.2, 0.25) is 0 Å². The zero-order valence-electron chi connectivity index (χ0n) is 8.67. The Balaban J connectivity index is 2.27. The van der Waals surface area contributed by atoms with Gasteiger partial charge in [0.15, 0.2) is 0 Å². The minimum atomic E-state index is -0.756. The fourth-order valence-electron chi connectivity index (χ4n) is 1.25. The molecule has 0 amide bonds. The van der Waals surface area contributed by atoms with Crippen molar-refractivity contribution in [2.24, 2.45) is 0 Å². The van der Waals surface area contributed by atoms with Gasteiger partial charge in [-0.05, 0) is 46.6 Å². The normalized spacial score (nSPS) is 10.4. The lowest BCUT2D eigenvalue weighted by Crippen LogP contribution is -2.15. The van der Waals surface area contributed by atoms with Crippen molar-refractivity contribution in [3.05, 3.63) is 33.3 Å². The van der Waals surface area contributed by atoms with Crippen LogP contribution in [0.4, 0.5) is 0 Å². The van der Waals surface area contributed by atoms with Gasteiger partial charge in [-0.2, -0.15) is 0 Å². The second-order valence-corrected chi connectivity index (χ2v) is 4.68. The van der Waals surface area contributed by atoms with E-state index in [2.05, 4.69) is 21.2 Å². The second-order valence-electron chi connectivity index (χ2n) is 3.42. The Morgan fingerprint density at radius 3 is 2.88 bits per heavy atom. The highest BCUT2D eigenvalue weighted by molar-refractivity contribution is 9.10. The van der Waals surface area contributed by atoms with Crippen LogP contribution in [0.1, 0.15) is 18.4 Å². The maximum atomic E-state index is 10.3. The molecular weight excluding hydrogens is 293 g/mol. The number of carboxylic acids is 1. The molecule has 0 unspecified atom stereocenters. The molecule has 0 bridgehead atoms. The minimum absolute atomic E-state index is 0.202. The SMILES string of the molecule is O=C(O)CCCNCc1ccc(Br)c(Cl)c1. The number of benzene rings is 1. The summed E-state index contributed by atoms with van der Waals surface area (Å²) in [6, 6.07) is 5.76. The van der Waals surface area contributed by atoms with Crippen LogP contribution >= 0.6 is 27.5 Å². The summed E-state index contributed by atoms with van der Waals surface area (Å²) < 4.78 is 0.879. The van der Waals surface area contributed by atoms with Crippen LogP contribution < -0.4 is 5.32 Å². The summed E-state index contributed by atoms with van der Waals surface area (Å²) in [4.78, 5) is 10.3. The first-order chi connectivity index (χ1) is 7.59. The van der Waals surface area contributed by atoms with Crippen molar-refractivity contribution in [2.45, 2.75) is 19.4 Å². The Bertz CT molecular complexity index is 371. The van der Waals surface area contributed by atoms with Crippen LogP contribution in [0, 0.1) is 0 Å². The van der Waals surface area contributed by atoms with Gasteiger partial charge in [0.1, 0.15) is 0 Å². The number of carboxylic acid groups (broad SMARTS) is 1. The molecule has 0 spiro atoms. The second kappa shape index (κ2) is 6.89. The standard InChI is InChI=1S/C11H13BrClNO2/c12-9-4-3-8(6-10(9)13)7-14-5-1-2-11(15)16/h3-4,6,14H,1-2,5,7H2,(H,15,16). The largest absolute Gasteiger partial charge is 0.481 e. The highest BCUT2D eigenvalue weighted by Gasteiger charge is 1.99. The quantitative estimate of drug-likeness (QED) is 0.794. The number of aliphatic carboxylic acids is 1. The molecule has 1 aromatic carbocycles. The molecule has 0 radical (unpaired) electrons. The molecule has 16 heavy (non-hydrogen) atoms. The van der Waals surface area contributed by atoms with Gasteiger partial charge in [-0.25, -0.2) is 0 Å². The fourth-order valence-corrected chi connectivity index (χ4v) is 1.70. The molecule has 0 saturated heterocycles. The molecule has 5 heteroatoms. The number of carbonyl (C=O) groups is 1. The van der Waals surface area contributed by atoms with E-state index in [9.17, 15) is 4.79 Å². The summed E-state index contributed by atoms with van der Waals surface area (Å²) in [6.45, 7) is 1.40. The fraction of sp³-hybridized carbons (Fsp3) is 0.364. The van der Waals surface area contributed by atoms with E-state index >= 15 is 0 Å². The molecule has 0 aliphatic heterocycles. The van der Waals surface area contributed by atoms with E-state index in [1.807, 2.05) is 18.2 Å². The van der Waals surface area contributed by atoms with E-state index in [0.29, 0.717) is 24.5 Å². The van der Waals surface area contributed by atoms with Crippen LogP contribution in [0.2, 0.25) is 5.02 Å². The van der Waals surface area contributed by atoms with Crippen molar-refractivity contribution in [3.63, 3.8) is 0 Å². The van der Waals surface area contributed by atoms with Crippen LogP contribution in [-0.4, -0.2) is 17.6 Å². The average molecular weight is 307 g/mol. The van der Waals surface area contributed by atoms with Gasteiger partial charge in [-0.1, -0.05) is 17.7 Å².